The number of hydrogen-bond donors (Lipinski definition) is 2. The topological polar surface area (TPSA) is 76.0 Å². The molecular weight excluding hydrogens is 388 g/mol. The van der Waals surface area contributed by atoms with Crippen LogP contribution in [0.3, 0.4) is 0 Å². The molecule has 0 saturated heterocycles. The van der Waals surface area contributed by atoms with Gasteiger partial charge in [0, 0.05) is 5.54 Å². The van der Waals surface area contributed by atoms with Crippen LogP contribution < -0.4 is 10.6 Å². The molecule has 0 saturated carbocycles. The van der Waals surface area contributed by atoms with Gasteiger partial charge in [0.25, 0.3) is 0 Å². The van der Waals surface area contributed by atoms with E-state index in [1.54, 1.807) is 11.6 Å². The minimum Gasteiger partial charge on any atom is -0.333 e. The van der Waals surface area contributed by atoms with E-state index in [0.717, 1.165) is 11.3 Å². The van der Waals surface area contributed by atoms with E-state index in [-0.39, 0.29) is 5.91 Å². The van der Waals surface area contributed by atoms with Gasteiger partial charge >= 0.3 is 6.03 Å². The summed E-state index contributed by atoms with van der Waals surface area (Å²) in [5.41, 5.74) is 1.57. The lowest BCUT2D eigenvalue weighted by Gasteiger charge is -2.20. The fourth-order valence-corrected chi connectivity index (χ4v) is 4.54. The maximum atomic E-state index is 12.2. The number of carbonyl (C=O) groups excluding carboxylic acids is 2. The normalized spacial score (nSPS) is 12.5. The summed E-state index contributed by atoms with van der Waals surface area (Å²) in [6, 6.07) is 7.33. The highest BCUT2D eigenvalue weighted by atomic mass is 32.2. The zero-order valence-corrected chi connectivity index (χ0v) is 17.8. The quantitative estimate of drug-likeness (QED) is 0.587. The summed E-state index contributed by atoms with van der Waals surface area (Å²) in [7, 11) is 0. The molecule has 1 aromatic carbocycles. The van der Waals surface area contributed by atoms with Crippen LogP contribution in [-0.2, 0) is 4.79 Å². The summed E-state index contributed by atoms with van der Waals surface area (Å²) in [5.74, 6) is -0.375. The number of aromatic nitrogens is 2. The monoisotopic (exact) mass is 410 g/mol. The number of carbonyl (C=O) groups is 2. The Morgan fingerprint density at radius 1 is 1.31 bits per heavy atom. The number of aryl methyl sites for hydroxylation is 1. The predicted octanol–water partition coefficient (Wildman–Crippen LogP) is 4.08. The van der Waals surface area contributed by atoms with Gasteiger partial charge in [0.15, 0.2) is 8.29 Å². The minimum atomic E-state index is -0.506. The number of thioether (sulfide) groups is 1. The maximum Gasteiger partial charge on any atom is 0.321 e. The number of imide groups is 1. The summed E-state index contributed by atoms with van der Waals surface area (Å²) in [6.07, 6.45) is 0. The van der Waals surface area contributed by atoms with Gasteiger partial charge in [-0.15, -0.1) is 5.10 Å². The number of amides is 3. The zero-order chi connectivity index (χ0) is 19.5. The molecule has 3 amide bonds. The molecule has 0 radical (unpaired) electrons. The lowest BCUT2D eigenvalue weighted by molar-refractivity contribution is -0.119. The average molecular weight is 411 g/mol. The standard InChI is InChI=1S/C17H22N4O2S3/c1-10-8-6-7-9-12(10)21-16(24)26-15(20-21)25-11(2)13(22)18-14(23)19-17(3,4)5/h6-9,11H,1-5H3,(H2,18,19,22,23)/t11-/m0/s1. The van der Waals surface area contributed by atoms with Crippen LogP contribution in [-0.4, -0.2) is 32.5 Å². The number of nitrogens with one attached hydrogen (secondary N) is 2. The highest BCUT2D eigenvalue weighted by molar-refractivity contribution is 8.02. The number of urea groups is 1. The van der Waals surface area contributed by atoms with Gasteiger partial charge in [-0.1, -0.05) is 41.3 Å². The third-order valence-electron chi connectivity index (χ3n) is 3.24. The number of benzene rings is 1. The van der Waals surface area contributed by atoms with Crippen LogP contribution in [0.2, 0.25) is 0 Å². The molecular formula is C17H22N4O2S3. The lowest BCUT2D eigenvalue weighted by Crippen LogP contribution is -2.49. The molecule has 2 N–H and O–H groups in total. The molecule has 0 aliphatic heterocycles. The Kier molecular flexibility index (Phi) is 6.59. The zero-order valence-electron chi connectivity index (χ0n) is 15.3. The largest absolute Gasteiger partial charge is 0.333 e. The molecule has 0 fully saturated rings. The van der Waals surface area contributed by atoms with Crippen molar-refractivity contribution >= 4 is 47.3 Å². The molecule has 2 rings (SSSR count). The van der Waals surface area contributed by atoms with E-state index in [4.69, 9.17) is 12.2 Å². The molecule has 6 nitrogen and oxygen atoms in total. The molecule has 1 aromatic heterocycles. The highest BCUT2D eigenvalue weighted by Crippen LogP contribution is 2.28. The Hall–Kier alpha value is -1.71. The lowest BCUT2D eigenvalue weighted by atomic mass is 10.1. The average Bonchev–Trinajstić information content (AvgIpc) is 2.86. The van der Waals surface area contributed by atoms with Gasteiger partial charge in [-0.2, -0.15) is 0 Å². The van der Waals surface area contributed by atoms with Crippen LogP contribution in [0, 0.1) is 10.9 Å². The van der Waals surface area contributed by atoms with Gasteiger partial charge < -0.3 is 5.32 Å². The Balaban J connectivity index is 2.06. The first kappa shape index (κ1) is 20.6. The SMILES string of the molecule is Cc1ccccc1-n1nc(S[C@@H](C)C(=O)NC(=O)NC(C)(C)C)sc1=S. The second kappa shape index (κ2) is 8.32. The Morgan fingerprint density at radius 3 is 2.58 bits per heavy atom. The summed E-state index contributed by atoms with van der Waals surface area (Å²) < 4.78 is 2.99. The summed E-state index contributed by atoms with van der Waals surface area (Å²) in [4.78, 5) is 24.0. The third-order valence-corrected chi connectivity index (χ3v) is 5.66. The van der Waals surface area contributed by atoms with Crippen LogP contribution in [0.1, 0.15) is 33.3 Å². The van der Waals surface area contributed by atoms with Gasteiger partial charge in [-0.25, -0.2) is 9.48 Å². The molecule has 0 bridgehead atoms. The fraction of sp³-hybridized carbons (Fsp3) is 0.412. The van der Waals surface area contributed by atoms with Crippen molar-refractivity contribution in [3.8, 4) is 5.69 Å². The van der Waals surface area contributed by atoms with E-state index in [2.05, 4.69) is 15.7 Å². The van der Waals surface area contributed by atoms with Crippen LogP contribution in [0.5, 0.6) is 0 Å². The van der Waals surface area contributed by atoms with E-state index < -0.39 is 16.8 Å². The second-order valence-corrected chi connectivity index (χ2v) is 10.00. The number of rotatable bonds is 4. The van der Waals surface area contributed by atoms with E-state index in [9.17, 15) is 9.59 Å². The van der Waals surface area contributed by atoms with Gasteiger partial charge in [0.05, 0.1) is 10.9 Å². The molecule has 0 unspecified atom stereocenters. The van der Waals surface area contributed by atoms with E-state index in [1.807, 2.05) is 52.0 Å². The first-order chi connectivity index (χ1) is 12.1. The smallest absolute Gasteiger partial charge is 0.321 e. The molecule has 0 aliphatic carbocycles. The van der Waals surface area contributed by atoms with Gasteiger partial charge in [-0.3, -0.25) is 10.1 Å². The first-order valence-corrected chi connectivity index (χ1v) is 10.1. The molecule has 9 heteroatoms. The molecule has 26 heavy (non-hydrogen) atoms. The van der Waals surface area contributed by atoms with Crippen LogP contribution in [0.15, 0.2) is 28.6 Å². The number of nitrogens with zero attached hydrogens (tertiary/aromatic N) is 2. The predicted molar refractivity (Wildman–Crippen MR) is 109 cm³/mol. The van der Waals surface area contributed by atoms with Crippen molar-refractivity contribution in [2.45, 2.75) is 49.7 Å². The van der Waals surface area contributed by atoms with Crippen LogP contribution in [0.25, 0.3) is 5.69 Å². The molecule has 0 spiro atoms. The second-order valence-electron chi connectivity index (χ2n) is 6.79. The molecule has 140 valence electrons. The van der Waals surface area contributed by atoms with E-state index >= 15 is 0 Å². The third kappa shape index (κ3) is 5.65. The number of para-hydroxylation sites is 1. The summed E-state index contributed by atoms with van der Waals surface area (Å²) in [5, 5.41) is 9.08. The molecule has 1 atom stereocenters. The van der Waals surface area contributed by atoms with E-state index in [0.29, 0.717) is 8.29 Å². The highest BCUT2D eigenvalue weighted by Gasteiger charge is 2.21. The Morgan fingerprint density at radius 2 is 1.96 bits per heavy atom. The van der Waals surface area contributed by atoms with Gasteiger partial charge in [0.1, 0.15) is 0 Å². The molecule has 0 aliphatic rings. The van der Waals surface area contributed by atoms with Crippen molar-refractivity contribution < 1.29 is 9.59 Å². The van der Waals surface area contributed by atoms with Gasteiger partial charge in [0.2, 0.25) is 5.91 Å². The minimum absolute atomic E-state index is 0.375. The Labute approximate surface area is 166 Å². The van der Waals surface area contributed by atoms with Gasteiger partial charge in [-0.05, 0) is 58.5 Å². The summed E-state index contributed by atoms with van der Waals surface area (Å²) in [6.45, 7) is 9.26. The van der Waals surface area contributed by atoms with Crippen LogP contribution in [0.4, 0.5) is 4.79 Å². The van der Waals surface area contributed by atoms with Crippen molar-refractivity contribution in [1.82, 2.24) is 20.4 Å². The van der Waals surface area contributed by atoms with Crippen molar-refractivity contribution in [2.75, 3.05) is 0 Å². The van der Waals surface area contributed by atoms with E-state index in [1.165, 1.54) is 23.1 Å². The summed E-state index contributed by atoms with van der Waals surface area (Å²) >= 11 is 8.02. The van der Waals surface area contributed by atoms with Crippen molar-refractivity contribution in [3.63, 3.8) is 0 Å². The van der Waals surface area contributed by atoms with Crippen LogP contribution >= 0.6 is 35.3 Å². The first-order valence-electron chi connectivity index (χ1n) is 8.02. The fourth-order valence-electron chi connectivity index (χ4n) is 2.05. The molecule has 2 aromatic rings. The van der Waals surface area contributed by atoms with Crippen molar-refractivity contribution in [1.29, 1.82) is 0 Å². The number of hydrogen-bond acceptors (Lipinski definition) is 6. The maximum absolute atomic E-state index is 12.2. The molecule has 1 heterocycles. The Bertz CT molecular complexity index is 867. The van der Waals surface area contributed by atoms with Crippen molar-refractivity contribution in [3.05, 3.63) is 33.8 Å². The van der Waals surface area contributed by atoms with Crippen molar-refractivity contribution in [2.24, 2.45) is 0 Å².